The molecule has 3 aromatic rings. The number of aliphatic carboxylic acids is 1. The normalized spacial score (nSPS) is 10.1. The van der Waals surface area contributed by atoms with Crippen LogP contribution in [0.3, 0.4) is 0 Å². The van der Waals surface area contributed by atoms with Gasteiger partial charge in [0.2, 0.25) is 0 Å². The van der Waals surface area contributed by atoms with Crippen molar-refractivity contribution in [2.75, 3.05) is 5.75 Å². The summed E-state index contributed by atoms with van der Waals surface area (Å²) in [7, 11) is 0. The molecule has 1 heterocycles. The number of thioether (sulfide) groups is 1. The third-order valence-electron chi connectivity index (χ3n) is 3.12. The smallest absolute Gasteiger partial charge is 0.313 e. The number of H-pyrrole nitrogens is 1. The number of aromatic amines is 1. The zero-order valence-electron chi connectivity index (χ0n) is 12.1. The molecule has 0 unspecified atom stereocenters. The molecule has 0 radical (unpaired) electrons. The predicted octanol–water partition coefficient (Wildman–Crippen LogP) is 4.34. The van der Waals surface area contributed by atoms with E-state index in [0.717, 1.165) is 22.5 Å². The lowest BCUT2D eigenvalue weighted by Gasteiger charge is -2.02. The molecule has 6 heteroatoms. The van der Waals surface area contributed by atoms with Crippen LogP contribution in [0, 0.1) is 0 Å². The van der Waals surface area contributed by atoms with Gasteiger partial charge in [-0.1, -0.05) is 72.4 Å². The summed E-state index contributed by atoms with van der Waals surface area (Å²) in [5.41, 5.74) is 3.76. The minimum atomic E-state index is -0.857. The fraction of sp³-hybridized carbons (Fsp3) is 0.0588. The van der Waals surface area contributed by atoms with Gasteiger partial charge < -0.3 is 10.1 Å². The van der Waals surface area contributed by atoms with Gasteiger partial charge in [0.25, 0.3) is 0 Å². The second kappa shape index (κ2) is 7.85. The van der Waals surface area contributed by atoms with E-state index in [2.05, 4.69) is 9.97 Å². The Balaban J connectivity index is 0.00000192. The van der Waals surface area contributed by atoms with Crippen molar-refractivity contribution in [1.82, 2.24) is 9.97 Å². The van der Waals surface area contributed by atoms with E-state index in [0.29, 0.717) is 5.16 Å². The summed E-state index contributed by atoms with van der Waals surface area (Å²) in [6.07, 6.45) is 0. The van der Waals surface area contributed by atoms with Gasteiger partial charge in [-0.3, -0.25) is 4.79 Å². The molecule has 0 spiro atoms. The highest BCUT2D eigenvalue weighted by Gasteiger charge is 2.14. The zero-order chi connectivity index (χ0) is 15.4. The molecule has 0 bridgehead atoms. The number of rotatable bonds is 5. The van der Waals surface area contributed by atoms with E-state index in [9.17, 15) is 4.79 Å². The number of nitrogens with one attached hydrogen (secondary N) is 1. The van der Waals surface area contributed by atoms with Crippen LogP contribution in [0.5, 0.6) is 0 Å². The Bertz CT molecular complexity index is 719. The fourth-order valence-corrected chi connectivity index (χ4v) is 2.76. The predicted molar refractivity (Wildman–Crippen MR) is 95.1 cm³/mol. The summed E-state index contributed by atoms with van der Waals surface area (Å²) in [5, 5.41) is 9.43. The lowest BCUT2D eigenvalue weighted by atomic mass is 10.1. The SMILES string of the molecule is Cl.O=C(O)CSc1nc(-c2ccccc2)c(-c2ccccc2)[nH]1. The molecular weight excluding hydrogens is 332 g/mol. The van der Waals surface area contributed by atoms with E-state index in [1.54, 1.807) is 0 Å². The van der Waals surface area contributed by atoms with Gasteiger partial charge >= 0.3 is 5.97 Å². The molecule has 4 nitrogen and oxygen atoms in total. The molecule has 0 aliphatic rings. The van der Waals surface area contributed by atoms with E-state index in [-0.39, 0.29) is 18.2 Å². The Morgan fingerprint density at radius 3 is 2.13 bits per heavy atom. The van der Waals surface area contributed by atoms with Gasteiger partial charge in [0, 0.05) is 11.1 Å². The van der Waals surface area contributed by atoms with E-state index in [1.807, 2.05) is 60.7 Å². The number of nitrogens with zero attached hydrogens (tertiary/aromatic N) is 1. The Morgan fingerprint density at radius 2 is 1.57 bits per heavy atom. The molecule has 0 saturated carbocycles. The van der Waals surface area contributed by atoms with Gasteiger partial charge in [-0.2, -0.15) is 0 Å². The number of hydrogen-bond donors (Lipinski definition) is 2. The molecule has 2 N–H and O–H groups in total. The van der Waals surface area contributed by atoms with Gasteiger partial charge in [-0.25, -0.2) is 4.98 Å². The molecule has 0 fully saturated rings. The summed E-state index contributed by atoms with van der Waals surface area (Å²) in [6.45, 7) is 0. The van der Waals surface area contributed by atoms with Crippen LogP contribution in [0.1, 0.15) is 0 Å². The van der Waals surface area contributed by atoms with Gasteiger partial charge in [0.1, 0.15) is 0 Å². The maximum absolute atomic E-state index is 10.7. The fourth-order valence-electron chi connectivity index (χ4n) is 2.17. The second-order valence-corrected chi connectivity index (χ2v) is 5.64. The third kappa shape index (κ3) is 4.15. The molecule has 23 heavy (non-hydrogen) atoms. The first-order valence-corrected chi connectivity index (χ1v) is 7.78. The largest absolute Gasteiger partial charge is 0.481 e. The molecule has 0 aliphatic heterocycles. The summed E-state index contributed by atoms with van der Waals surface area (Å²) in [4.78, 5) is 18.6. The number of benzene rings is 2. The second-order valence-electron chi connectivity index (χ2n) is 4.68. The first kappa shape index (κ1) is 17.1. The van der Waals surface area contributed by atoms with Crippen molar-refractivity contribution in [1.29, 1.82) is 0 Å². The number of carbonyl (C=O) groups is 1. The number of imidazole rings is 1. The quantitative estimate of drug-likeness (QED) is 0.674. The van der Waals surface area contributed by atoms with Crippen molar-refractivity contribution in [3.05, 3.63) is 60.7 Å². The number of carboxylic acids is 1. The summed E-state index contributed by atoms with van der Waals surface area (Å²) in [5.74, 6) is -0.875. The van der Waals surface area contributed by atoms with Crippen LogP contribution in [-0.4, -0.2) is 26.8 Å². The molecular formula is C17H15ClN2O2S. The van der Waals surface area contributed by atoms with Crippen LogP contribution < -0.4 is 0 Å². The Hall–Kier alpha value is -2.24. The highest BCUT2D eigenvalue weighted by atomic mass is 35.5. The van der Waals surface area contributed by atoms with E-state index >= 15 is 0 Å². The number of halogens is 1. The molecule has 118 valence electrons. The molecule has 0 amide bonds. The minimum absolute atomic E-state index is 0. The average Bonchev–Trinajstić information content (AvgIpc) is 2.99. The van der Waals surface area contributed by atoms with E-state index < -0.39 is 5.97 Å². The summed E-state index contributed by atoms with van der Waals surface area (Å²) < 4.78 is 0. The van der Waals surface area contributed by atoms with Gasteiger partial charge in [-0.05, 0) is 0 Å². The van der Waals surface area contributed by atoms with Gasteiger partial charge in [0.05, 0.1) is 17.1 Å². The first-order chi connectivity index (χ1) is 10.7. The monoisotopic (exact) mass is 346 g/mol. The Labute approximate surface area is 144 Å². The van der Waals surface area contributed by atoms with Gasteiger partial charge in [-0.15, -0.1) is 12.4 Å². The van der Waals surface area contributed by atoms with Gasteiger partial charge in [0.15, 0.2) is 5.16 Å². The van der Waals surface area contributed by atoms with Crippen LogP contribution in [0.15, 0.2) is 65.8 Å². The summed E-state index contributed by atoms with van der Waals surface area (Å²) >= 11 is 1.19. The van der Waals surface area contributed by atoms with Crippen molar-refractivity contribution >= 4 is 30.1 Å². The number of carboxylic acid groups (broad SMARTS) is 1. The molecule has 3 rings (SSSR count). The number of hydrogen-bond acceptors (Lipinski definition) is 3. The van der Waals surface area contributed by atoms with Crippen LogP contribution in [-0.2, 0) is 4.79 Å². The van der Waals surface area contributed by atoms with Crippen molar-refractivity contribution in [2.45, 2.75) is 5.16 Å². The zero-order valence-corrected chi connectivity index (χ0v) is 13.7. The standard InChI is InChI=1S/C17H14N2O2S.ClH/c20-14(21)11-22-17-18-15(12-7-3-1-4-8-12)16(19-17)13-9-5-2-6-10-13;/h1-10H,11H2,(H,18,19)(H,20,21);1H. The van der Waals surface area contributed by atoms with Crippen LogP contribution in [0.2, 0.25) is 0 Å². The van der Waals surface area contributed by atoms with Crippen molar-refractivity contribution in [2.24, 2.45) is 0 Å². The topological polar surface area (TPSA) is 66.0 Å². The van der Waals surface area contributed by atoms with Crippen LogP contribution >= 0.6 is 24.2 Å². The Morgan fingerprint density at radius 1 is 1.00 bits per heavy atom. The lowest BCUT2D eigenvalue weighted by molar-refractivity contribution is -0.133. The van der Waals surface area contributed by atoms with Crippen LogP contribution in [0.4, 0.5) is 0 Å². The summed E-state index contributed by atoms with van der Waals surface area (Å²) in [6, 6.07) is 19.8. The van der Waals surface area contributed by atoms with Crippen LogP contribution in [0.25, 0.3) is 22.5 Å². The molecule has 0 atom stereocenters. The van der Waals surface area contributed by atoms with Crippen molar-refractivity contribution in [3.63, 3.8) is 0 Å². The number of aromatic nitrogens is 2. The Kier molecular flexibility index (Phi) is 5.84. The highest BCUT2D eigenvalue weighted by molar-refractivity contribution is 7.99. The third-order valence-corrected chi connectivity index (χ3v) is 3.98. The highest BCUT2D eigenvalue weighted by Crippen LogP contribution is 2.32. The minimum Gasteiger partial charge on any atom is -0.481 e. The molecule has 0 saturated heterocycles. The van der Waals surface area contributed by atoms with E-state index in [4.69, 9.17) is 5.11 Å². The lowest BCUT2D eigenvalue weighted by Crippen LogP contribution is -1.97. The maximum Gasteiger partial charge on any atom is 0.313 e. The molecule has 0 aliphatic carbocycles. The van der Waals surface area contributed by atoms with Crippen molar-refractivity contribution in [3.8, 4) is 22.5 Å². The van der Waals surface area contributed by atoms with E-state index in [1.165, 1.54) is 11.8 Å². The average molecular weight is 347 g/mol. The van der Waals surface area contributed by atoms with Crippen molar-refractivity contribution < 1.29 is 9.90 Å². The first-order valence-electron chi connectivity index (χ1n) is 6.79. The molecule has 1 aromatic heterocycles. The molecule has 2 aromatic carbocycles. The maximum atomic E-state index is 10.7.